The van der Waals surface area contributed by atoms with Crippen molar-refractivity contribution in [2.45, 2.75) is 70.8 Å². The van der Waals surface area contributed by atoms with Crippen LogP contribution in [0.2, 0.25) is 0 Å². The summed E-state index contributed by atoms with van der Waals surface area (Å²) in [5.74, 6) is 2.70. The van der Waals surface area contributed by atoms with Crippen LogP contribution in [0.5, 0.6) is 5.75 Å². The highest BCUT2D eigenvalue weighted by molar-refractivity contribution is 5.41. The van der Waals surface area contributed by atoms with Crippen LogP contribution >= 0.6 is 0 Å². The summed E-state index contributed by atoms with van der Waals surface area (Å²) in [6.07, 6.45) is 7.03. The molecule has 2 nitrogen and oxygen atoms in total. The zero-order valence-electron chi connectivity index (χ0n) is 14.7. The third kappa shape index (κ3) is 2.10. The van der Waals surface area contributed by atoms with Gasteiger partial charge in [-0.3, -0.25) is 0 Å². The standard InChI is InChI=1S/C21H30O2/c1-4-14-6-10-18-17-8-5-13-11-15(22)7-9-16(13)19(17)21(3,23)12-20(14,18)2/h7,9,11,14,17-19,22-23H,4-6,8,10,12H2,1-3H3/t14-,17-,18-,19+,20+,21-/m0/s1. The van der Waals surface area contributed by atoms with Crippen molar-refractivity contribution in [2.75, 3.05) is 0 Å². The molecule has 2 fully saturated rings. The minimum Gasteiger partial charge on any atom is -0.508 e. The molecule has 0 bridgehead atoms. The monoisotopic (exact) mass is 314 g/mol. The lowest BCUT2D eigenvalue weighted by Gasteiger charge is -2.57. The zero-order chi connectivity index (χ0) is 16.4. The molecule has 2 heteroatoms. The Bertz CT molecular complexity index is 620. The normalized spacial score (nSPS) is 45.2. The van der Waals surface area contributed by atoms with Crippen LogP contribution in [0.3, 0.4) is 0 Å². The van der Waals surface area contributed by atoms with Gasteiger partial charge in [0.2, 0.25) is 0 Å². The van der Waals surface area contributed by atoms with Gasteiger partial charge in [-0.15, -0.1) is 0 Å². The van der Waals surface area contributed by atoms with Crippen molar-refractivity contribution >= 4 is 0 Å². The van der Waals surface area contributed by atoms with Crippen LogP contribution in [0.1, 0.15) is 69.9 Å². The third-order valence-corrected chi connectivity index (χ3v) is 7.66. The number of phenolic OH excluding ortho intramolecular Hbond substituents is 1. The minimum absolute atomic E-state index is 0.237. The number of aryl methyl sites for hydroxylation is 1. The molecule has 0 saturated heterocycles. The lowest BCUT2D eigenvalue weighted by atomic mass is 9.49. The SMILES string of the molecule is CC[C@H]1CC[C@H]2[C@@H]3CCc4cc(O)ccc4[C@H]3[C@@](C)(O)C[C@]12C. The molecule has 4 rings (SSSR count). The molecule has 0 radical (unpaired) electrons. The molecule has 0 unspecified atom stereocenters. The van der Waals surface area contributed by atoms with E-state index in [2.05, 4.69) is 26.8 Å². The van der Waals surface area contributed by atoms with E-state index < -0.39 is 5.60 Å². The molecule has 6 atom stereocenters. The van der Waals surface area contributed by atoms with Gasteiger partial charge in [-0.1, -0.05) is 26.3 Å². The molecule has 23 heavy (non-hydrogen) atoms. The molecule has 126 valence electrons. The lowest BCUT2D eigenvalue weighted by molar-refractivity contribution is -0.115. The van der Waals surface area contributed by atoms with Crippen LogP contribution in [0.15, 0.2) is 18.2 Å². The number of phenols is 1. The molecule has 0 heterocycles. The van der Waals surface area contributed by atoms with Crippen molar-refractivity contribution < 1.29 is 10.2 Å². The summed E-state index contributed by atoms with van der Waals surface area (Å²) in [5, 5.41) is 21.3. The third-order valence-electron chi connectivity index (χ3n) is 7.66. The average Bonchev–Trinajstić information content (AvgIpc) is 2.81. The Morgan fingerprint density at radius 1 is 1.17 bits per heavy atom. The molecule has 0 amide bonds. The average molecular weight is 314 g/mol. The summed E-state index contributed by atoms with van der Waals surface area (Å²) in [6.45, 7) is 6.84. The van der Waals surface area contributed by atoms with Gasteiger partial charge in [0, 0.05) is 5.92 Å². The Balaban J connectivity index is 1.79. The minimum atomic E-state index is -0.639. The first-order valence-electron chi connectivity index (χ1n) is 9.41. The van der Waals surface area contributed by atoms with Gasteiger partial charge in [0.1, 0.15) is 5.75 Å². The van der Waals surface area contributed by atoms with Crippen LogP contribution in [0.4, 0.5) is 0 Å². The maximum absolute atomic E-state index is 11.4. The molecule has 1 aromatic carbocycles. The number of hydrogen-bond donors (Lipinski definition) is 2. The molecule has 3 aliphatic rings. The number of hydrogen-bond acceptors (Lipinski definition) is 2. The summed E-state index contributed by atoms with van der Waals surface area (Å²) in [7, 11) is 0. The highest BCUT2D eigenvalue weighted by Gasteiger charge is 2.60. The Kier molecular flexibility index (Phi) is 3.36. The van der Waals surface area contributed by atoms with Crippen molar-refractivity contribution in [1.82, 2.24) is 0 Å². The number of aliphatic hydroxyl groups is 1. The van der Waals surface area contributed by atoms with E-state index >= 15 is 0 Å². The van der Waals surface area contributed by atoms with E-state index in [1.54, 1.807) is 6.07 Å². The predicted molar refractivity (Wildman–Crippen MR) is 92.5 cm³/mol. The molecule has 3 aliphatic carbocycles. The topological polar surface area (TPSA) is 40.5 Å². The Morgan fingerprint density at radius 3 is 2.70 bits per heavy atom. The van der Waals surface area contributed by atoms with Crippen molar-refractivity contribution in [3.8, 4) is 5.75 Å². The Labute approximate surface area is 139 Å². The van der Waals surface area contributed by atoms with Crippen molar-refractivity contribution in [3.63, 3.8) is 0 Å². The zero-order valence-corrected chi connectivity index (χ0v) is 14.7. The summed E-state index contributed by atoms with van der Waals surface area (Å²) >= 11 is 0. The van der Waals surface area contributed by atoms with Gasteiger partial charge >= 0.3 is 0 Å². The first-order chi connectivity index (χ1) is 10.9. The van der Waals surface area contributed by atoms with Crippen LogP contribution in [0, 0.1) is 23.2 Å². The van der Waals surface area contributed by atoms with Gasteiger partial charge in [0.05, 0.1) is 5.60 Å². The first kappa shape index (κ1) is 15.5. The van der Waals surface area contributed by atoms with Gasteiger partial charge in [-0.25, -0.2) is 0 Å². The fourth-order valence-corrected chi connectivity index (χ4v) is 6.93. The molecule has 2 saturated carbocycles. The van der Waals surface area contributed by atoms with Gasteiger partial charge in [-0.2, -0.15) is 0 Å². The van der Waals surface area contributed by atoms with Crippen LogP contribution < -0.4 is 0 Å². The summed E-state index contributed by atoms with van der Waals surface area (Å²) in [5.41, 5.74) is 2.21. The lowest BCUT2D eigenvalue weighted by Crippen LogP contribution is -2.54. The predicted octanol–water partition coefficient (Wildman–Crippen LogP) is 4.64. The Hall–Kier alpha value is -1.02. The van der Waals surface area contributed by atoms with Crippen molar-refractivity contribution in [2.24, 2.45) is 23.2 Å². The van der Waals surface area contributed by atoms with Crippen LogP contribution in [-0.2, 0) is 6.42 Å². The van der Waals surface area contributed by atoms with Gasteiger partial charge in [0.25, 0.3) is 0 Å². The maximum atomic E-state index is 11.4. The fraction of sp³-hybridized carbons (Fsp3) is 0.714. The molecule has 1 aromatic rings. The van der Waals surface area contributed by atoms with Crippen LogP contribution in [-0.4, -0.2) is 15.8 Å². The van der Waals surface area contributed by atoms with E-state index in [4.69, 9.17) is 0 Å². The van der Waals surface area contributed by atoms with E-state index in [1.807, 2.05) is 6.07 Å². The van der Waals surface area contributed by atoms with Crippen LogP contribution in [0.25, 0.3) is 0 Å². The van der Waals surface area contributed by atoms with Gasteiger partial charge in [0.15, 0.2) is 0 Å². The van der Waals surface area contributed by atoms with Crippen molar-refractivity contribution in [3.05, 3.63) is 29.3 Å². The first-order valence-corrected chi connectivity index (χ1v) is 9.41. The second-order valence-electron chi connectivity index (χ2n) is 8.89. The number of aromatic hydroxyl groups is 1. The van der Waals surface area contributed by atoms with E-state index in [0.717, 1.165) is 31.1 Å². The van der Waals surface area contributed by atoms with E-state index in [9.17, 15) is 10.2 Å². The molecule has 0 spiro atoms. The second-order valence-corrected chi connectivity index (χ2v) is 8.89. The largest absolute Gasteiger partial charge is 0.508 e. The summed E-state index contributed by atoms with van der Waals surface area (Å²) in [4.78, 5) is 0. The molecule has 0 aliphatic heterocycles. The Morgan fingerprint density at radius 2 is 1.96 bits per heavy atom. The smallest absolute Gasteiger partial charge is 0.115 e. The van der Waals surface area contributed by atoms with E-state index in [1.165, 1.54) is 30.4 Å². The second kappa shape index (κ2) is 4.99. The van der Waals surface area contributed by atoms with Gasteiger partial charge < -0.3 is 10.2 Å². The molecular weight excluding hydrogens is 284 g/mol. The maximum Gasteiger partial charge on any atom is 0.115 e. The molecule has 0 aromatic heterocycles. The van der Waals surface area contributed by atoms with E-state index in [-0.39, 0.29) is 5.92 Å². The number of benzene rings is 1. The summed E-state index contributed by atoms with van der Waals surface area (Å²) in [6, 6.07) is 5.79. The van der Waals surface area contributed by atoms with E-state index in [0.29, 0.717) is 17.1 Å². The quantitative estimate of drug-likeness (QED) is 0.793. The van der Waals surface area contributed by atoms with Gasteiger partial charge in [-0.05, 0) is 85.5 Å². The summed E-state index contributed by atoms with van der Waals surface area (Å²) < 4.78 is 0. The highest BCUT2D eigenvalue weighted by atomic mass is 16.3. The fourth-order valence-electron chi connectivity index (χ4n) is 6.93. The highest BCUT2D eigenvalue weighted by Crippen LogP contribution is 2.66. The molecule has 2 N–H and O–H groups in total. The number of rotatable bonds is 1. The molecular formula is C21H30O2. The van der Waals surface area contributed by atoms with Crippen molar-refractivity contribution in [1.29, 1.82) is 0 Å². The number of fused-ring (bicyclic) bond motifs is 5.